The number of rotatable bonds is 1. The van der Waals surface area contributed by atoms with E-state index in [1.807, 2.05) is 0 Å². The molecule has 4 fully saturated rings. The summed E-state index contributed by atoms with van der Waals surface area (Å²) in [4.78, 5) is 4.43. The summed E-state index contributed by atoms with van der Waals surface area (Å²) in [5.74, 6) is 1.24. The van der Waals surface area contributed by atoms with Crippen molar-refractivity contribution in [1.82, 2.24) is 0 Å². The van der Waals surface area contributed by atoms with Crippen molar-refractivity contribution in [2.24, 2.45) is 23.7 Å². The highest BCUT2D eigenvalue weighted by Gasteiger charge is 2.64. The highest BCUT2D eigenvalue weighted by molar-refractivity contribution is 5.08. The average Bonchev–Trinajstić information content (AvgIpc) is 2.90. The first-order valence-corrected chi connectivity index (χ1v) is 6.09. The lowest BCUT2D eigenvalue weighted by Gasteiger charge is -2.32. The fourth-order valence-electron chi connectivity index (χ4n) is 4.53. The van der Waals surface area contributed by atoms with E-state index in [4.69, 9.17) is 14.7 Å². The Morgan fingerprint density at radius 1 is 1.00 bits per heavy atom. The van der Waals surface area contributed by atoms with Gasteiger partial charge in [-0.2, -0.15) is 0 Å². The molecule has 90 valence electrons. The van der Waals surface area contributed by atoms with Crippen LogP contribution < -0.4 is 0 Å². The summed E-state index contributed by atoms with van der Waals surface area (Å²) >= 11 is 0. The van der Waals surface area contributed by atoms with E-state index >= 15 is 0 Å². The maximum Gasteiger partial charge on any atom is 0.194 e. The van der Waals surface area contributed by atoms with E-state index < -0.39 is 12.6 Å². The van der Waals surface area contributed by atoms with Crippen LogP contribution in [0.15, 0.2) is 0 Å². The summed E-state index contributed by atoms with van der Waals surface area (Å²) in [7, 11) is 0. The molecule has 2 saturated heterocycles. The Morgan fingerprint density at radius 2 is 1.69 bits per heavy atom. The lowest BCUT2D eigenvalue weighted by molar-refractivity contribution is -0.350. The molecule has 0 aromatic carbocycles. The van der Waals surface area contributed by atoms with Gasteiger partial charge >= 0.3 is 0 Å². The molecule has 4 aliphatic rings. The minimum absolute atomic E-state index is 0.183. The lowest BCUT2D eigenvalue weighted by atomic mass is 9.74. The average molecular weight is 228 g/mol. The second-order valence-electron chi connectivity index (χ2n) is 5.51. The number of aliphatic hydroxyl groups is 1. The van der Waals surface area contributed by atoms with Gasteiger partial charge in [0.05, 0.1) is 12.2 Å². The summed E-state index contributed by atoms with van der Waals surface area (Å²) < 4.78 is 11.3. The maximum atomic E-state index is 9.87. The van der Waals surface area contributed by atoms with Gasteiger partial charge < -0.3 is 14.6 Å². The highest BCUT2D eigenvalue weighted by Crippen LogP contribution is 2.60. The third-order valence-electron chi connectivity index (χ3n) is 5.01. The molecule has 0 aromatic heterocycles. The van der Waals surface area contributed by atoms with Crippen molar-refractivity contribution in [1.29, 1.82) is 0 Å². The van der Waals surface area contributed by atoms with Gasteiger partial charge in [0.15, 0.2) is 12.6 Å². The van der Waals surface area contributed by atoms with E-state index in [1.54, 1.807) is 0 Å². The molecule has 0 radical (unpaired) electrons. The van der Waals surface area contributed by atoms with Crippen molar-refractivity contribution in [3.63, 3.8) is 0 Å². The first kappa shape index (κ1) is 9.79. The molecule has 0 amide bonds. The number of aliphatic hydroxyl groups excluding tert-OH is 1. The topological polar surface area (TPSA) is 68.2 Å². The van der Waals surface area contributed by atoms with Gasteiger partial charge in [-0.25, -0.2) is 10.1 Å². The normalized spacial score (nSPS) is 62.6. The van der Waals surface area contributed by atoms with E-state index in [-0.39, 0.29) is 24.0 Å². The largest absolute Gasteiger partial charge is 0.368 e. The molecule has 2 aliphatic heterocycles. The first-order valence-electron chi connectivity index (χ1n) is 6.09. The minimum Gasteiger partial charge on any atom is -0.368 e. The molecule has 2 N–H and O–H groups in total. The predicted octanol–water partition coefficient (Wildman–Crippen LogP) is 0.580. The molecule has 0 bridgehead atoms. The van der Waals surface area contributed by atoms with Gasteiger partial charge in [0.1, 0.15) is 0 Å². The Bertz CT molecular complexity index is 309. The van der Waals surface area contributed by atoms with E-state index in [1.165, 1.54) is 0 Å². The molecule has 4 rings (SSSR count). The zero-order chi connectivity index (χ0) is 10.9. The monoisotopic (exact) mass is 228 g/mol. The van der Waals surface area contributed by atoms with Gasteiger partial charge in [0.25, 0.3) is 0 Å². The number of hydrogen-bond donors (Lipinski definition) is 2. The Morgan fingerprint density at radius 3 is 2.44 bits per heavy atom. The molecule has 5 heteroatoms. The van der Waals surface area contributed by atoms with Crippen molar-refractivity contribution < 1.29 is 24.7 Å². The zero-order valence-electron chi connectivity index (χ0n) is 8.86. The van der Waals surface area contributed by atoms with Crippen molar-refractivity contribution in [2.45, 2.75) is 44.1 Å². The van der Waals surface area contributed by atoms with Crippen molar-refractivity contribution in [3.05, 3.63) is 0 Å². The van der Waals surface area contributed by atoms with Crippen LogP contribution in [-0.2, 0) is 14.4 Å². The lowest BCUT2D eigenvalue weighted by Crippen LogP contribution is -2.36. The first-order chi connectivity index (χ1) is 7.79. The SMILES string of the molecule is OO[C@@H]1O[C@H]2CC[C@H]3O[C@H](O)[C@H]4C[C@@H]1[C@@H]2[C@@H]43. The van der Waals surface area contributed by atoms with E-state index in [0.717, 1.165) is 19.3 Å². The molecule has 2 aliphatic carbocycles. The van der Waals surface area contributed by atoms with Crippen LogP contribution in [0, 0.1) is 23.7 Å². The summed E-state index contributed by atoms with van der Waals surface area (Å²) in [6.07, 6.45) is 1.99. The Balaban J connectivity index is 1.70. The van der Waals surface area contributed by atoms with Crippen LogP contribution in [0.2, 0.25) is 0 Å². The molecular weight excluding hydrogens is 212 g/mol. The zero-order valence-corrected chi connectivity index (χ0v) is 8.86. The Kier molecular flexibility index (Phi) is 1.94. The number of ether oxygens (including phenoxy) is 2. The van der Waals surface area contributed by atoms with Crippen LogP contribution in [0.3, 0.4) is 0 Å². The van der Waals surface area contributed by atoms with E-state index in [0.29, 0.717) is 11.8 Å². The van der Waals surface area contributed by atoms with Gasteiger partial charge in [0, 0.05) is 11.8 Å². The van der Waals surface area contributed by atoms with Crippen LogP contribution in [0.4, 0.5) is 0 Å². The molecule has 8 atom stereocenters. The summed E-state index contributed by atoms with van der Waals surface area (Å²) in [6, 6.07) is 0. The molecule has 5 nitrogen and oxygen atoms in total. The minimum atomic E-state index is -0.626. The van der Waals surface area contributed by atoms with Crippen LogP contribution in [0.1, 0.15) is 19.3 Å². The maximum absolute atomic E-state index is 9.87. The quantitative estimate of drug-likeness (QED) is 0.507. The predicted molar refractivity (Wildman–Crippen MR) is 51.1 cm³/mol. The third-order valence-corrected chi connectivity index (χ3v) is 5.01. The van der Waals surface area contributed by atoms with Gasteiger partial charge in [-0.3, -0.25) is 0 Å². The Labute approximate surface area is 93.2 Å². The molecule has 0 spiro atoms. The smallest absolute Gasteiger partial charge is 0.194 e. The van der Waals surface area contributed by atoms with E-state index in [2.05, 4.69) is 4.89 Å². The Hall–Kier alpha value is -0.200. The number of hydrogen-bond acceptors (Lipinski definition) is 5. The van der Waals surface area contributed by atoms with Gasteiger partial charge in [-0.1, -0.05) is 0 Å². The second-order valence-corrected chi connectivity index (χ2v) is 5.51. The second kappa shape index (κ2) is 3.17. The van der Waals surface area contributed by atoms with Gasteiger partial charge in [-0.15, -0.1) is 0 Å². The molecule has 2 saturated carbocycles. The standard InChI is InChI=1S/C11H16O5/c12-10-4-3-5-9-7(15-11(5)16-13)2-1-6(14-10)8(4)9/h4-13H,1-3H2/t4-,5+,6+,7-,8-,9-,10-,11-/m0/s1. The fourth-order valence-corrected chi connectivity index (χ4v) is 4.53. The van der Waals surface area contributed by atoms with Crippen LogP contribution >= 0.6 is 0 Å². The van der Waals surface area contributed by atoms with Crippen molar-refractivity contribution >= 4 is 0 Å². The van der Waals surface area contributed by atoms with Gasteiger partial charge in [-0.05, 0) is 31.1 Å². The molecule has 16 heavy (non-hydrogen) atoms. The molecular formula is C11H16O5. The van der Waals surface area contributed by atoms with Crippen LogP contribution in [-0.4, -0.2) is 35.2 Å². The van der Waals surface area contributed by atoms with Crippen molar-refractivity contribution in [2.75, 3.05) is 0 Å². The van der Waals surface area contributed by atoms with E-state index in [9.17, 15) is 5.11 Å². The summed E-state index contributed by atoms with van der Waals surface area (Å²) in [5.41, 5.74) is 0. The van der Waals surface area contributed by atoms with Crippen molar-refractivity contribution in [3.8, 4) is 0 Å². The van der Waals surface area contributed by atoms with Crippen LogP contribution in [0.25, 0.3) is 0 Å². The summed E-state index contributed by atoms with van der Waals surface area (Å²) in [6.45, 7) is 0. The molecule has 2 heterocycles. The fraction of sp³-hybridized carbons (Fsp3) is 1.00. The third kappa shape index (κ3) is 1.03. The van der Waals surface area contributed by atoms with Gasteiger partial charge in [0.2, 0.25) is 0 Å². The van der Waals surface area contributed by atoms with Crippen LogP contribution in [0.5, 0.6) is 0 Å². The summed E-state index contributed by atoms with van der Waals surface area (Å²) in [5, 5.41) is 18.7. The molecule has 0 unspecified atom stereocenters. The highest BCUT2D eigenvalue weighted by atomic mass is 17.1. The molecule has 0 aromatic rings.